The Hall–Kier alpha value is -1.89. The van der Waals surface area contributed by atoms with Crippen molar-refractivity contribution in [2.24, 2.45) is 0 Å². The van der Waals surface area contributed by atoms with Crippen LogP contribution >= 0.6 is 23.7 Å². The first-order chi connectivity index (χ1) is 11.2. The zero-order valence-electron chi connectivity index (χ0n) is 13.7. The summed E-state index contributed by atoms with van der Waals surface area (Å²) in [5, 5.41) is 6.64. The Balaban J connectivity index is 0.00000208. The molecule has 24 heavy (non-hydrogen) atoms. The number of nitrogens with one attached hydrogen (secondary N) is 2. The second-order valence-electron chi connectivity index (χ2n) is 5.30. The molecule has 3 rings (SSSR count). The molecular formula is C17H21ClN4OS. The largest absolute Gasteiger partial charge is 0.360 e. The minimum atomic E-state index is -0.0199. The maximum Gasteiger partial charge on any atom is 0.240 e. The Kier molecular flexibility index (Phi) is 6.36. The third-order valence-corrected chi connectivity index (χ3v) is 4.64. The van der Waals surface area contributed by atoms with Crippen molar-refractivity contribution < 1.29 is 4.79 Å². The second-order valence-corrected chi connectivity index (χ2v) is 6.15. The maximum absolute atomic E-state index is 12.1. The van der Waals surface area contributed by atoms with Gasteiger partial charge < -0.3 is 10.3 Å². The van der Waals surface area contributed by atoms with Crippen molar-refractivity contribution in [1.29, 1.82) is 0 Å². The molecule has 0 spiro atoms. The van der Waals surface area contributed by atoms with Crippen LogP contribution in [0.15, 0.2) is 35.8 Å². The smallest absolute Gasteiger partial charge is 0.240 e. The van der Waals surface area contributed by atoms with Crippen LogP contribution in [0.2, 0.25) is 0 Å². The number of rotatable bonds is 6. The number of carbonyl (C=O) groups excluding carboxylic acids is 1. The molecule has 3 aromatic rings. The Morgan fingerprint density at radius 1 is 1.29 bits per heavy atom. The van der Waals surface area contributed by atoms with Gasteiger partial charge in [0.15, 0.2) is 5.13 Å². The first-order valence-corrected chi connectivity index (χ1v) is 8.63. The number of likely N-dealkylation sites (N-methyl/N-ethyl adjacent to an activating group) is 1. The van der Waals surface area contributed by atoms with Crippen molar-refractivity contribution in [2.75, 3.05) is 25.0 Å². The molecule has 0 saturated carbocycles. The van der Waals surface area contributed by atoms with E-state index in [1.54, 1.807) is 0 Å². The minimum Gasteiger partial charge on any atom is -0.360 e. The Morgan fingerprint density at radius 3 is 2.79 bits per heavy atom. The lowest BCUT2D eigenvalue weighted by atomic mass is 10.1. The number of fused-ring (bicyclic) bond motifs is 1. The van der Waals surface area contributed by atoms with Crippen LogP contribution in [0, 0.1) is 0 Å². The average Bonchev–Trinajstić information content (AvgIpc) is 3.18. The summed E-state index contributed by atoms with van der Waals surface area (Å²) < 4.78 is 0. The number of amides is 1. The van der Waals surface area contributed by atoms with E-state index in [2.05, 4.69) is 40.1 Å². The van der Waals surface area contributed by atoms with E-state index in [1.807, 2.05) is 29.8 Å². The number of aromatic nitrogens is 2. The molecular weight excluding hydrogens is 344 g/mol. The molecule has 0 atom stereocenters. The molecule has 2 heterocycles. The van der Waals surface area contributed by atoms with Crippen molar-refractivity contribution in [3.05, 3.63) is 35.8 Å². The summed E-state index contributed by atoms with van der Waals surface area (Å²) in [6.45, 7) is 6.23. The third kappa shape index (κ3) is 3.95. The number of para-hydroxylation sites is 1. The summed E-state index contributed by atoms with van der Waals surface area (Å²) in [4.78, 5) is 21.9. The Morgan fingerprint density at radius 2 is 2.04 bits per heavy atom. The highest BCUT2D eigenvalue weighted by atomic mass is 35.5. The summed E-state index contributed by atoms with van der Waals surface area (Å²) >= 11 is 1.45. The lowest BCUT2D eigenvalue weighted by molar-refractivity contribution is -0.117. The first kappa shape index (κ1) is 18.4. The third-order valence-electron chi connectivity index (χ3n) is 3.88. The molecule has 0 fully saturated rings. The monoisotopic (exact) mass is 364 g/mol. The number of H-pyrrole nitrogens is 1. The zero-order chi connectivity index (χ0) is 16.2. The summed E-state index contributed by atoms with van der Waals surface area (Å²) in [6, 6.07) is 8.12. The Bertz CT molecular complexity index is 810. The number of thiazole rings is 1. The molecule has 0 bridgehead atoms. The Labute approximate surface area is 151 Å². The van der Waals surface area contributed by atoms with Crippen molar-refractivity contribution in [1.82, 2.24) is 14.9 Å². The van der Waals surface area contributed by atoms with Crippen molar-refractivity contribution in [3.8, 4) is 11.3 Å². The molecule has 1 amide bonds. The van der Waals surface area contributed by atoms with Crippen LogP contribution in [-0.4, -0.2) is 40.4 Å². The topological polar surface area (TPSA) is 61.0 Å². The lowest BCUT2D eigenvalue weighted by Crippen LogP contribution is -2.32. The van der Waals surface area contributed by atoms with E-state index in [-0.39, 0.29) is 18.3 Å². The zero-order valence-corrected chi connectivity index (χ0v) is 15.3. The molecule has 128 valence electrons. The van der Waals surface area contributed by atoms with Crippen molar-refractivity contribution >= 4 is 45.7 Å². The van der Waals surface area contributed by atoms with E-state index >= 15 is 0 Å². The standard InChI is InChI=1S/C17H20N4OS.ClH/c1-3-21(4-2)10-16(22)20-17-19-15(11-23-17)13-9-18-14-8-6-5-7-12(13)14;/h5-9,11,18H,3-4,10H2,1-2H3,(H,19,20,22);1H. The number of halogens is 1. The molecule has 7 heteroatoms. The van der Waals surface area contributed by atoms with Crippen LogP contribution in [0.3, 0.4) is 0 Å². The van der Waals surface area contributed by atoms with Gasteiger partial charge in [-0.2, -0.15) is 0 Å². The summed E-state index contributed by atoms with van der Waals surface area (Å²) in [5.74, 6) is -0.0199. The van der Waals surface area contributed by atoms with Crippen molar-refractivity contribution in [2.45, 2.75) is 13.8 Å². The van der Waals surface area contributed by atoms with Gasteiger partial charge in [-0.25, -0.2) is 4.98 Å². The van der Waals surface area contributed by atoms with E-state index < -0.39 is 0 Å². The number of carbonyl (C=O) groups is 1. The summed E-state index contributed by atoms with van der Waals surface area (Å²) in [5.41, 5.74) is 3.02. The molecule has 0 aliphatic heterocycles. The molecule has 1 aromatic carbocycles. The second kappa shape index (κ2) is 8.28. The predicted molar refractivity (Wildman–Crippen MR) is 103 cm³/mol. The van der Waals surface area contributed by atoms with Gasteiger partial charge in [0.25, 0.3) is 0 Å². The van der Waals surface area contributed by atoms with Gasteiger partial charge in [-0.1, -0.05) is 32.0 Å². The normalized spacial score (nSPS) is 10.8. The molecule has 0 aliphatic carbocycles. The molecule has 0 unspecified atom stereocenters. The van der Waals surface area contributed by atoms with Crippen LogP contribution < -0.4 is 5.32 Å². The van der Waals surface area contributed by atoms with Gasteiger partial charge in [0.1, 0.15) is 0 Å². The average molecular weight is 365 g/mol. The highest BCUT2D eigenvalue weighted by Gasteiger charge is 2.12. The fraction of sp³-hybridized carbons (Fsp3) is 0.294. The number of anilines is 1. The predicted octanol–water partition coefficient (Wildman–Crippen LogP) is 3.99. The van der Waals surface area contributed by atoms with Crippen LogP contribution in [-0.2, 0) is 4.79 Å². The molecule has 0 radical (unpaired) electrons. The van der Waals surface area contributed by atoms with E-state index in [1.165, 1.54) is 11.3 Å². The molecule has 0 aliphatic rings. The number of hydrogen-bond acceptors (Lipinski definition) is 4. The SMILES string of the molecule is CCN(CC)CC(=O)Nc1nc(-c2c[nH]c3ccccc23)cs1.Cl. The van der Waals surface area contributed by atoms with E-state index in [4.69, 9.17) is 0 Å². The molecule has 5 nitrogen and oxygen atoms in total. The van der Waals surface area contributed by atoms with E-state index in [0.29, 0.717) is 11.7 Å². The number of aromatic amines is 1. The van der Waals surface area contributed by atoms with E-state index in [9.17, 15) is 4.79 Å². The van der Waals surface area contributed by atoms with Crippen LogP contribution in [0.25, 0.3) is 22.2 Å². The molecule has 2 aromatic heterocycles. The van der Waals surface area contributed by atoms with Gasteiger partial charge in [-0.15, -0.1) is 23.7 Å². The van der Waals surface area contributed by atoms with Gasteiger partial charge in [0.2, 0.25) is 5.91 Å². The minimum absolute atomic E-state index is 0. The van der Waals surface area contributed by atoms with Gasteiger partial charge in [-0.05, 0) is 19.2 Å². The number of benzene rings is 1. The first-order valence-electron chi connectivity index (χ1n) is 7.75. The van der Waals surface area contributed by atoms with Gasteiger partial charge in [0.05, 0.1) is 12.2 Å². The summed E-state index contributed by atoms with van der Waals surface area (Å²) in [7, 11) is 0. The van der Waals surface area contributed by atoms with Gasteiger partial charge in [-0.3, -0.25) is 9.69 Å². The highest BCUT2D eigenvalue weighted by molar-refractivity contribution is 7.14. The number of nitrogens with zero attached hydrogens (tertiary/aromatic N) is 2. The van der Waals surface area contributed by atoms with Crippen LogP contribution in [0.5, 0.6) is 0 Å². The van der Waals surface area contributed by atoms with Crippen LogP contribution in [0.4, 0.5) is 5.13 Å². The van der Waals surface area contributed by atoms with Crippen molar-refractivity contribution in [3.63, 3.8) is 0 Å². The fourth-order valence-corrected chi connectivity index (χ4v) is 3.27. The van der Waals surface area contributed by atoms with Crippen LogP contribution in [0.1, 0.15) is 13.8 Å². The quantitative estimate of drug-likeness (QED) is 0.695. The molecule has 2 N–H and O–H groups in total. The highest BCUT2D eigenvalue weighted by Crippen LogP contribution is 2.30. The molecule has 0 saturated heterocycles. The summed E-state index contributed by atoms with van der Waals surface area (Å²) in [6.07, 6.45) is 1.96. The van der Waals surface area contributed by atoms with Gasteiger partial charge in [0, 0.05) is 28.0 Å². The van der Waals surface area contributed by atoms with E-state index in [0.717, 1.165) is 35.2 Å². The fourth-order valence-electron chi connectivity index (χ4n) is 2.55. The maximum atomic E-state index is 12.1. The van der Waals surface area contributed by atoms with Gasteiger partial charge >= 0.3 is 0 Å². The lowest BCUT2D eigenvalue weighted by Gasteiger charge is -2.16. The number of hydrogen-bond donors (Lipinski definition) is 2.